The van der Waals surface area contributed by atoms with E-state index in [1.807, 2.05) is 0 Å². The lowest BCUT2D eigenvalue weighted by Gasteiger charge is -2.18. The molecule has 0 aliphatic carbocycles. The Hall–Kier alpha value is -1.58. The highest BCUT2D eigenvalue weighted by molar-refractivity contribution is 5.69. The van der Waals surface area contributed by atoms with Gasteiger partial charge in [-0.1, -0.05) is 102 Å². The second kappa shape index (κ2) is 27.0. The van der Waals surface area contributed by atoms with Crippen molar-refractivity contribution < 1.29 is 19.4 Å². The smallest absolute Gasteiger partial charge is 0.306 e. The van der Waals surface area contributed by atoms with Crippen LogP contribution in [0.2, 0.25) is 0 Å². The molecule has 204 valence electrons. The predicted octanol–water partition coefficient (Wildman–Crippen LogP) is 9.72. The maximum atomic E-state index is 12.4. The molecule has 4 nitrogen and oxygen atoms in total. The third-order valence-corrected chi connectivity index (χ3v) is 6.43. The molecule has 0 aromatic rings. The van der Waals surface area contributed by atoms with Crippen LogP contribution in [0, 0.1) is 0 Å². The quantitative estimate of drug-likeness (QED) is 0.0741. The Morgan fingerprint density at radius 2 is 1.14 bits per heavy atom. The number of carboxylic acids is 1. The van der Waals surface area contributed by atoms with E-state index in [2.05, 4.69) is 38.2 Å². The number of esters is 1. The molecule has 35 heavy (non-hydrogen) atoms. The molecule has 0 aliphatic rings. The van der Waals surface area contributed by atoms with E-state index in [0.29, 0.717) is 6.42 Å². The van der Waals surface area contributed by atoms with Crippen LogP contribution in [0.3, 0.4) is 0 Å². The van der Waals surface area contributed by atoms with Crippen molar-refractivity contribution in [3.8, 4) is 0 Å². The number of rotatable bonds is 26. The summed E-state index contributed by atoms with van der Waals surface area (Å²) in [5.74, 6) is -0.741. The first-order valence-corrected chi connectivity index (χ1v) is 14.8. The van der Waals surface area contributed by atoms with Gasteiger partial charge in [-0.15, -0.1) is 0 Å². The van der Waals surface area contributed by atoms with Gasteiger partial charge in [0.1, 0.15) is 6.10 Å². The van der Waals surface area contributed by atoms with Crippen LogP contribution in [0.1, 0.15) is 155 Å². The molecule has 0 amide bonds. The standard InChI is InChI=1S/C31H56O4/c1-3-5-7-9-11-12-13-14-15-17-21-25-29(26-22-18-16-19-23-27-30(32)33)35-31(34)28-24-20-10-8-6-4-2/h11-12,14-15,29H,3-10,13,16-28H2,1-2H3,(H,32,33)/b12-11-,15-14-. The zero-order valence-electron chi connectivity index (χ0n) is 23.1. The number of allylic oxidation sites excluding steroid dienone is 4. The number of carboxylic acid groups (broad SMARTS) is 1. The second-order valence-electron chi connectivity index (χ2n) is 9.94. The molecule has 0 bridgehead atoms. The number of aliphatic carboxylic acids is 1. The number of carbonyl (C=O) groups is 2. The molecule has 0 aromatic heterocycles. The van der Waals surface area contributed by atoms with Crippen LogP contribution in [0.25, 0.3) is 0 Å². The average Bonchev–Trinajstić information content (AvgIpc) is 2.83. The number of carbonyl (C=O) groups excluding carboxylic acids is 1. The summed E-state index contributed by atoms with van der Waals surface area (Å²) < 4.78 is 5.88. The molecule has 1 N–H and O–H groups in total. The Morgan fingerprint density at radius 1 is 0.629 bits per heavy atom. The van der Waals surface area contributed by atoms with Crippen molar-refractivity contribution in [2.75, 3.05) is 0 Å². The molecule has 0 aliphatic heterocycles. The molecule has 0 saturated carbocycles. The minimum Gasteiger partial charge on any atom is -0.481 e. The van der Waals surface area contributed by atoms with Gasteiger partial charge in [-0.3, -0.25) is 9.59 Å². The second-order valence-corrected chi connectivity index (χ2v) is 9.94. The fourth-order valence-electron chi connectivity index (χ4n) is 4.22. The van der Waals surface area contributed by atoms with Crippen LogP contribution < -0.4 is 0 Å². The zero-order valence-corrected chi connectivity index (χ0v) is 23.1. The van der Waals surface area contributed by atoms with Crippen LogP contribution in [-0.2, 0) is 14.3 Å². The van der Waals surface area contributed by atoms with Crippen molar-refractivity contribution in [3.05, 3.63) is 24.3 Å². The monoisotopic (exact) mass is 492 g/mol. The van der Waals surface area contributed by atoms with E-state index in [1.54, 1.807) is 0 Å². The van der Waals surface area contributed by atoms with Crippen molar-refractivity contribution >= 4 is 11.9 Å². The fraction of sp³-hybridized carbons (Fsp3) is 0.806. The maximum absolute atomic E-state index is 12.4. The summed E-state index contributed by atoms with van der Waals surface area (Å²) in [5.41, 5.74) is 0. The summed E-state index contributed by atoms with van der Waals surface area (Å²) in [6, 6.07) is 0. The largest absolute Gasteiger partial charge is 0.481 e. The van der Waals surface area contributed by atoms with Gasteiger partial charge in [0.15, 0.2) is 0 Å². The van der Waals surface area contributed by atoms with Gasteiger partial charge in [0, 0.05) is 12.8 Å². The summed E-state index contributed by atoms with van der Waals surface area (Å²) >= 11 is 0. The molecule has 4 heteroatoms. The Labute approximate surface area is 217 Å². The Kier molecular flexibility index (Phi) is 25.8. The van der Waals surface area contributed by atoms with Crippen LogP contribution in [0.15, 0.2) is 24.3 Å². The van der Waals surface area contributed by atoms with E-state index >= 15 is 0 Å². The lowest BCUT2D eigenvalue weighted by atomic mass is 10.0. The van der Waals surface area contributed by atoms with Gasteiger partial charge >= 0.3 is 11.9 Å². The first kappa shape index (κ1) is 33.4. The molecule has 1 unspecified atom stereocenters. The van der Waals surface area contributed by atoms with E-state index in [0.717, 1.165) is 77.0 Å². The normalized spacial score (nSPS) is 12.5. The van der Waals surface area contributed by atoms with Gasteiger partial charge in [-0.25, -0.2) is 0 Å². The lowest BCUT2D eigenvalue weighted by molar-refractivity contribution is -0.150. The van der Waals surface area contributed by atoms with Gasteiger partial charge in [-0.2, -0.15) is 0 Å². The summed E-state index contributed by atoms with van der Waals surface area (Å²) in [5, 5.41) is 8.73. The maximum Gasteiger partial charge on any atom is 0.306 e. The minimum atomic E-state index is -0.709. The van der Waals surface area contributed by atoms with E-state index in [-0.39, 0.29) is 18.5 Å². The molecule has 0 fully saturated rings. The Morgan fingerprint density at radius 3 is 1.80 bits per heavy atom. The van der Waals surface area contributed by atoms with E-state index in [1.165, 1.54) is 51.4 Å². The average molecular weight is 493 g/mol. The van der Waals surface area contributed by atoms with Crippen LogP contribution in [-0.4, -0.2) is 23.1 Å². The van der Waals surface area contributed by atoms with Gasteiger partial charge in [0.25, 0.3) is 0 Å². The van der Waals surface area contributed by atoms with Crippen molar-refractivity contribution in [2.24, 2.45) is 0 Å². The molecule has 1 atom stereocenters. The van der Waals surface area contributed by atoms with Gasteiger partial charge in [-0.05, 0) is 64.2 Å². The highest BCUT2D eigenvalue weighted by Gasteiger charge is 2.14. The number of ether oxygens (including phenoxy) is 1. The van der Waals surface area contributed by atoms with E-state index in [9.17, 15) is 9.59 Å². The molecule has 0 heterocycles. The first-order valence-electron chi connectivity index (χ1n) is 14.8. The fourth-order valence-corrected chi connectivity index (χ4v) is 4.22. The molecular weight excluding hydrogens is 436 g/mol. The van der Waals surface area contributed by atoms with E-state index < -0.39 is 5.97 Å². The molecule has 0 rings (SSSR count). The minimum absolute atomic E-state index is 0.0217. The summed E-state index contributed by atoms with van der Waals surface area (Å²) in [6.07, 6.45) is 31.8. The SMILES string of the molecule is CCCCC/C=C\C/C=C\CCCC(CCCCCCCC(=O)O)OC(=O)CCCCCCCC. The first-order chi connectivity index (χ1) is 17.1. The van der Waals surface area contributed by atoms with Crippen molar-refractivity contribution in [3.63, 3.8) is 0 Å². The Balaban J connectivity index is 4.18. The third kappa shape index (κ3) is 26.9. The summed E-state index contributed by atoms with van der Waals surface area (Å²) in [4.78, 5) is 23.0. The molecular formula is C31H56O4. The summed E-state index contributed by atoms with van der Waals surface area (Å²) in [7, 11) is 0. The summed E-state index contributed by atoms with van der Waals surface area (Å²) in [6.45, 7) is 4.45. The molecule has 0 radical (unpaired) electrons. The van der Waals surface area contributed by atoms with Gasteiger partial charge in [0.05, 0.1) is 0 Å². The Bertz CT molecular complexity index is 538. The number of hydrogen-bond donors (Lipinski definition) is 1. The number of unbranched alkanes of at least 4 members (excludes halogenated alkanes) is 13. The molecule has 0 saturated heterocycles. The van der Waals surface area contributed by atoms with E-state index in [4.69, 9.17) is 9.84 Å². The van der Waals surface area contributed by atoms with Crippen molar-refractivity contribution in [2.45, 2.75) is 161 Å². The van der Waals surface area contributed by atoms with Gasteiger partial charge < -0.3 is 9.84 Å². The lowest BCUT2D eigenvalue weighted by Crippen LogP contribution is -2.18. The topological polar surface area (TPSA) is 63.6 Å². The highest BCUT2D eigenvalue weighted by atomic mass is 16.5. The van der Waals surface area contributed by atoms with Crippen molar-refractivity contribution in [1.82, 2.24) is 0 Å². The zero-order chi connectivity index (χ0) is 25.8. The van der Waals surface area contributed by atoms with Crippen LogP contribution in [0.5, 0.6) is 0 Å². The van der Waals surface area contributed by atoms with Crippen LogP contribution in [0.4, 0.5) is 0 Å². The highest BCUT2D eigenvalue weighted by Crippen LogP contribution is 2.17. The van der Waals surface area contributed by atoms with Crippen molar-refractivity contribution in [1.29, 1.82) is 0 Å². The third-order valence-electron chi connectivity index (χ3n) is 6.43. The van der Waals surface area contributed by atoms with Crippen LogP contribution >= 0.6 is 0 Å². The molecule has 0 spiro atoms. The number of hydrogen-bond acceptors (Lipinski definition) is 3. The molecule has 0 aromatic carbocycles. The predicted molar refractivity (Wildman–Crippen MR) is 149 cm³/mol. The van der Waals surface area contributed by atoms with Gasteiger partial charge in [0.2, 0.25) is 0 Å².